The number of carboxylic acid groups (broad SMARTS) is 1. The third-order valence-corrected chi connectivity index (χ3v) is 6.14. The fourth-order valence-electron chi connectivity index (χ4n) is 3.77. The second kappa shape index (κ2) is 9.84. The highest BCUT2D eigenvalue weighted by Gasteiger charge is 2.43. The number of carbonyl (C=O) groups excluding carboxylic acids is 3. The average Bonchev–Trinajstić information content (AvgIpc) is 2.72. The maximum absolute atomic E-state index is 12.9. The number of thioether (sulfide) groups is 1. The van der Waals surface area contributed by atoms with Crippen molar-refractivity contribution in [3.8, 4) is 5.75 Å². The van der Waals surface area contributed by atoms with Gasteiger partial charge in [0.15, 0.2) is 0 Å². The number of ether oxygens (including phenoxy) is 1. The van der Waals surface area contributed by atoms with E-state index in [0.29, 0.717) is 25.8 Å². The molecule has 2 aliphatic heterocycles. The standard InChI is InChI=1S/C20H25N3O6S/c1-29-14-4-2-12(3-5-14)8-15-20(28)23-7-6-13(9-16(23)19(27)22-15)21-17(24)10-30-11-18(25)26/h2-5,13,15-16H,6-11H2,1H3,(H,21,24)(H,22,27)(H,25,26). The van der Waals surface area contributed by atoms with Gasteiger partial charge in [-0.2, -0.15) is 0 Å². The van der Waals surface area contributed by atoms with E-state index >= 15 is 0 Å². The molecule has 1 aromatic rings. The monoisotopic (exact) mass is 435 g/mol. The molecule has 10 heteroatoms. The van der Waals surface area contributed by atoms with Crippen molar-refractivity contribution in [1.29, 1.82) is 0 Å². The Morgan fingerprint density at radius 1 is 1.27 bits per heavy atom. The quantitative estimate of drug-likeness (QED) is 0.526. The molecular weight excluding hydrogens is 410 g/mol. The van der Waals surface area contributed by atoms with Crippen molar-refractivity contribution >= 4 is 35.5 Å². The Labute approximate surface area is 178 Å². The van der Waals surface area contributed by atoms with Crippen LogP contribution in [0, 0.1) is 0 Å². The van der Waals surface area contributed by atoms with Crippen LogP contribution in [0.3, 0.4) is 0 Å². The molecule has 0 spiro atoms. The lowest BCUT2D eigenvalue weighted by molar-refractivity contribution is -0.151. The Balaban J connectivity index is 1.54. The smallest absolute Gasteiger partial charge is 0.313 e. The van der Waals surface area contributed by atoms with E-state index in [1.54, 1.807) is 12.0 Å². The Hall–Kier alpha value is -2.75. The van der Waals surface area contributed by atoms with Crippen LogP contribution in [-0.4, -0.2) is 77.0 Å². The SMILES string of the molecule is COc1ccc(CC2NC(=O)C3CC(NC(=O)CSCC(=O)O)CCN3C2=O)cc1. The van der Waals surface area contributed by atoms with Gasteiger partial charge in [-0.3, -0.25) is 19.2 Å². The lowest BCUT2D eigenvalue weighted by atomic mass is 9.91. The van der Waals surface area contributed by atoms with Crippen LogP contribution in [0.15, 0.2) is 24.3 Å². The van der Waals surface area contributed by atoms with Gasteiger partial charge in [-0.15, -0.1) is 11.8 Å². The molecule has 0 bridgehead atoms. The molecule has 9 nitrogen and oxygen atoms in total. The summed E-state index contributed by atoms with van der Waals surface area (Å²) in [6.45, 7) is 0.392. The summed E-state index contributed by atoms with van der Waals surface area (Å²) in [5.41, 5.74) is 0.925. The number of piperidine rings is 1. The summed E-state index contributed by atoms with van der Waals surface area (Å²) in [6, 6.07) is 5.94. The molecule has 162 valence electrons. The van der Waals surface area contributed by atoms with Gasteiger partial charge in [-0.05, 0) is 30.5 Å². The fourth-order valence-corrected chi connectivity index (χ4v) is 4.32. The van der Waals surface area contributed by atoms with Crippen molar-refractivity contribution in [2.75, 3.05) is 25.2 Å². The van der Waals surface area contributed by atoms with Crippen molar-refractivity contribution in [3.63, 3.8) is 0 Å². The minimum atomic E-state index is -0.970. The van der Waals surface area contributed by atoms with Crippen molar-refractivity contribution in [2.45, 2.75) is 37.4 Å². The Morgan fingerprint density at radius 3 is 2.67 bits per heavy atom. The molecule has 30 heavy (non-hydrogen) atoms. The first-order chi connectivity index (χ1) is 14.4. The highest BCUT2D eigenvalue weighted by Crippen LogP contribution is 2.24. The number of rotatable bonds is 8. The molecule has 2 heterocycles. The van der Waals surface area contributed by atoms with E-state index in [9.17, 15) is 19.2 Å². The van der Waals surface area contributed by atoms with E-state index in [1.165, 1.54) is 0 Å². The number of methoxy groups -OCH3 is 1. The van der Waals surface area contributed by atoms with Crippen molar-refractivity contribution in [1.82, 2.24) is 15.5 Å². The lowest BCUT2D eigenvalue weighted by Crippen LogP contribution is -2.67. The van der Waals surface area contributed by atoms with E-state index < -0.39 is 18.1 Å². The molecule has 3 rings (SSSR count). The molecule has 2 aliphatic rings. The number of fused-ring (bicyclic) bond motifs is 1. The normalized spacial score (nSPS) is 23.4. The molecule has 3 N–H and O–H groups in total. The van der Waals surface area contributed by atoms with Gasteiger partial charge in [0.1, 0.15) is 17.8 Å². The first-order valence-electron chi connectivity index (χ1n) is 9.70. The molecule has 0 aromatic heterocycles. The third-order valence-electron chi connectivity index (χ3n) is 5.23. The van der Waals surface area contributed by atoms with Gasteiger partial charge in [-0.1, -0.05) is 12.1 Å². The van der Waals surface area contributed by atoms with Crippen LogP contribution in [0.5, 0.6) is 5.75 Å². The highest BCUT2D eigenvalue weighted by molar-refractivity contribution is 8.00. The van der Waals surface area contributed by atoms with Crippen LogP contribution < -0.4 is 15.4 Å². The molecule has 3 unspecified atom stereocenters. The van der Waals surface area contributed by atoms with Crippen LogP contribution in [0.2, 0.25) is 0 Å². The number of carboxylic acids is 1. The topological polar surface area (TPSA) is 125 Å². The molecule has 0 aliphatic carbocycles. The number of carbonyl (C=O) groups is 4. The molecule has 3 amide bonds. The number of hydrogen-bond acceptors (Lipinski definition) is 6. The Bertz CT molecular complexity index is 815. The number of aliphatic carboxylic acids is 1. The summed E-state index contributed by atoms with van der Waals surface area (Å²) in [4.78, 5) is 49.7. The molecule has 0 radical (unpaired) electrons. The van der Waals surface area contributed by atoms with Crippen molar-refractivity contribution < 1.29 is 29.0 Å². The minimum absolute atomic E-state index is 0.0479. The van der Waals surface area contributed by atoms with E-state index in [0.717, 1.165) is 23.1 Å². The minimum Gasteiger partial charge on any atom is -0.497 e. The van der Waals surface area contributed by atoms with Gasteiger partial charge in [0.2, 0.25) is 17.7 Å². The average molecular weight is 436 g/mol. The summed E-state index contributed by atoms with van der Waals surface area (Å²) in [5.74, 6) is -0.928. The number of hydrogen-bond donors (Lipinski definition) is 3. The maximum atomic E-state index is 12.9. The number of nitrogens with zero attached hydrogens (tertiary/aromatic N) is 1. The Kier molecular flexibility index (Phi) is 7.20. The lowest BCUT2D eigenvalue weighted by Gasteiger charge is -2.44. The summed E-state index contributed by atoms with van der Waals surface area (Å²) in [6.07, 6.45) is 1.31. The number of piperazine rings is 1. The zero-order valence-electron chi connectivity index (χ0n) is 16.6. The summed E-state index contributed by atoms with van der Waals surface area (Å²) < 4.78 is 5.14. The molecule has 2 saturated heterocycles. The predicted octanol–water partition coefficient (Wildman–Crippen LogP) is 0.0297. The molecule has 3 atom stereocenters. The molecule has 2 fully saturated rings. The van der Waals surface area contributed by atoms with Crippen LogP contribution in [0.25, 0.3) is 0 Å². The van der Waals surface area contributed by atoms with Crippen LogP contribution in [-0.2, 0) is 25.6 Å². The van der Waals surface area contributed by atoms with Gasteiger partial charge >= 0.3 is 5.97 Å². The first kappa shape index (κ1) is 21.9. The predicted molar refractivity (Wildman–Crippen MR) is 110 cm³/mol. The largest absolute Gasteiger partial charge is 0.497 e. The fraction of sp³-hybridized carbons (Fsp3) is 0.500. The molecule has 0 saturated carbocycles. The van der Waals surface area contributed by atoms with Gasteiger partial charge in [-0.25, -0.2) is 0 Å². The van der Waals surface area contributed by atoms with E-state index in [4.69, 9.17) is 9.84 Å². The van der Waals surface area contributed by atoms with Gasteiger partial charge in [0.05, 0.1) is 18.6 Å². The van der Waals surface area contributed by atoms with Gasteiger partial charge in [0.25, 0.3) is 0 Å². The first-order valence-corrected chi connectivity index (χ1v) is 10.9. The van der Waals surface area contributed by atoms with E-state index in [-0.39, 0.29) is 35.3 Å². The molecule has 1 aromatic carbocycles. The Morgan fingerprint density at radius 2 is 2.00 bits per heavy atom. The van der Waals surface area contributed by atoms with Crippen LogP contribution >= 0.6 is 11.8 Å². The second-order valence-corrected chi connectivity index (χ2v) is 8.32. The second-order valence-electron chi connectivity index (χ2n) is 7.34. The van der Waals surface area contributed by atoms with Crippen molar-refractivity contribution in [3.05, 3.63) is 29.8 Å². The zero-order chi connectivity index (χ0) is 21.7. The highest BCUT2D eigenvalue weighted by atomic mass is 32.2. The molecular formula is C20H25N3O6S. The number of nitrogens with one attached hydrogen (secondary N) is 2. The van der Waals surface area contributed by atoms with E-state index in [2.05, 4.69) is 10.6 Å². The van der Waals surface area contributed by atoms with Crippen LogP contribution in [0.4, 0.5) is 0 Å². The van der Waals surface area contributed by atoms with Gasteiger partial charge < -0.3 is 25.4 Å². The van der Waals surface area contributed by atoms with Crippen LogP contribution in [0.1, 0.15) is 18.4 Å². The number of benzene rings is 1. The summed E-state index contributed by atoms with van der Waals surface area (Å²) >= 11 is 1.02. The summed E-state index contributed by atoms with van der Waals surface area (Å²) in [5, 5.41) is 14.3. The van der Waals surface area contributed by atoms with Crippen molar-refractivity contribution in [2.24, 2.45) is 0 Å². The maximum Gasteiger partial charge on any atom is 0.313 e. The summed E-state index contributed by atoms with van der Waals surface area (Å²) in [7, 11) is 1.58. The third kappa shape index (κ3) is 5.44. The van der Waals surface area contributed by atoms with Gasteiger partial charge in [0, 0.05) is 19.0 Å². The number of amides is 3. The zero-order valence-corrected chi connectivity index (χ0v) is 17.4. The van der Waals surface area contributed by atoms with E-state index in [1.807, 2.05) is 24.3 Å².